The van der Waals surface area contributed by atoms with Crippen LogP contribution in [0.5, 0.6) is 5.75 Å². The Kier molecular flexibility index (Phi) is 3.71. The second-order valence-corrected chi connectivity index (χ2v) is 5.12. The molecule has 0 atom stereocenters. The van der Waals surface area contributed by atoms with Crippen molar-refractivity contribution in [1.82, 2.24) is 9.47 Å². The molecule has 1 saturated heterocycles. The number of phenols is 1. The summed E-state index contributed by atoms with van der Waals surface area (Å²) >= 11 is 0. The third-order valence-corrected chi connectivity index (χ3v) is 3.67. The van der Waals surface area contributed by atoms with E-state index in [1.165, 1.54) is 5.39 Å². The number of morpholine rings is 1. The summed E-state index contributed by atoms with van der Waals surface area (Å²) in [6.45, 7) is 6.00. The van der Waals surface area contributed by atoms with Crippen molar-refractivity contribution in [2.75, 3.05) is 32.8 Å². The summed E-state index contributed by atoms with van der Waals surface area (Å²) in [5, 5.41) is 11.7. The van der Waals surface area contributed by atoms with Crippen molar-refractivity contribution in [2.45, 2.75) is 13.0 Å². The van der Waals surface area contributed by atoms with Gasteiger partial charge in [-0.15, -0.1) is 0 Å². The van der Waals surface area contributed by atoms with Crippen LogP contribution in [0, 0.1) is 0 Å². The van der Waals surface area contributed by atoms with Crippen molar-refractivity contribution in [3.63, 3.8) is 0 Å². The maximum Gasteiger partial charge on any atom is 0.116 e. The van der Waals surface area contributed by atoms with E-state index in [-0.39, 0.29) is 0 Å². The average molecular weight is 260 g/mol. The zero-order valence-electron chi connectivity index (χ0n) is 11.1. The van der Waals surface area contributed by atoms with Gasteiger partial charge in [-0.25, -0.2) is 0 Å². The van der Waals surface area contributed by atoms with Crippen molar-refractivity contribution in [3.8, 4) is 5.75 Å². The maximum atomic E-state index is 9.46. The highest BCUT2D eigenvalue weighted by Gasteiger charge is 2.09. The fraction of sp³-hybridized carbons (Fsp3) is 0.467. The minimum Gasteiger partial charge on any atom is -0.508 e. The molecule has 1 aliphatic heterocycles. The maximum absolute atomic E-state index is 9.46. The number of nitrogens with zero attached hydrogens (tertiary/aromatic N) is 2. The molecule has 1 aliphatic rings. The Morgan fingerprint density at radius 3 is 2.68 bits per heavy atom. The molecule has 3 rings (SSSR count). The Hall–Kier alpha value is -1.52. The molecule has 0 aliphatic carbocycles. The fourth-order valence-electron chi connectivity index (χ4n) is 2.62. The van der Waals surface area contributed by atoms with Crippen molar-refractivity contribution in [3.05, 3.63) is 30.6 Å². The number of rotatable bonds is 4. The van der Waals surface area contributed by atoms with Gasteiger partial charge in [-0.2, -0.15) is 0 Å². The van der Waals surface area contributed by atoms with Crippen LogP contribution in [0.2, 0.25) is 0 Å². The van der Waals surface area contributed by atoms with Crippen LogP contribution in [0.15, 0.2) is 30.6 Å². The topological polar surface area (TPSA) is 37.6 Å². The van der Waals surface area contributed by atoms with Gasteiger partial charge in [0.05, 0.1) is 13.2 Å². The molecular formula is C15H20N2O2. The van der Waals surface area contributed by atoms with E-state index < -0.39 is 0 Å². The Balaban J connectivity index is 1.56. The van der Waals surface area contributed by atoms with E-state index in [1.54, 1.807) is 6.07 Å². The van der Waals surface area contributed by atoms with Gasteiger partial charge >= 0.3 is 0 Å². The Morgan fingerprint density at radius 1 is 1.05 bits per heavy atom. The number of hydrogen-bond donors (Lipinski definition) is 1. The molecule has 1 fully saturated rings. The second kappa shape index (κ2) is 5.63. The summed E-state index contributed by atoms with van der Waals surface area (Å²) in [5.41, 5.74) is 0. The second-order valence-electron chi connectivity index (χ2n) is 5.12. The van der Waals surface area contributed by atoms with Gasteiger partial charge in [-0.05, 0) is 30.0 Å². The first-order chi connectivity index (χ1) is 9.31. The van der Waals surface area contributed by atoms with Crippen LogP contribution in [0.25, 0.3) is 10.8 Å². The standard InChI is InChI=1S/C15H20N2O2/c18-15-3-2-13-11-17(12-14(13)10-15)5-1-4-16-6-8-19-9-7-16/h2-3,10-12,18H,1,4-9H2. The lowest BCUT2D eigenvalue weighted by atomic mass is 10.2. The average Bonchev–Trinajstić information content (AvgIpc) is 2.82. The summed E-state index contributed by atoms with van der Waals surface area (Å²) in [5.74, 6) is 0.332. The van der Waals surface area contributed by atoms with E-state index in [4.69, 9.17) is 4.74 Å². The summed E-state index contributed by atoms with van der Waals surface area (Å²) in [6, 6.07) is 5.51. The molecule has 2 heterocycles. The van der Waals surface area contributed by atoms with Crippen LogP contribution < -0.4 is 0 Å². The monoisotopic (exact) mass is 260 g/mol. The van der Waals surface area contributed by atoms with Gasteiger partial charge in [-0.1, -0.05) is 0 Å². The largest absolute Gasteiger partial charge is 0.508 e. The van der Waals surface area contributed by atoms with E-state index in [0.29, 0.717) is 5.75 Å². The third-order valence-electron chi connectivity index (χ3n) is 3.67. The predicted octanol–water partition coefficient (Wildman–Crippen LogP) is 2.07. The molecule has 0 saturated carbocycles. The molecule has 102 valence electrons. The van der Waals surface area contributed by atoms with Gasteiger partial charge in [-0.3, -0.25) is 4.90 Å². The lowest BCUT2D eigenvalue weighted by molar-refractivity contribution is 0.0369. The normalized spacial score (nSPS) is 17.1. The molecule has 0 radical (unpaired) electrons. The number of fused-ring (bicyclic) bond motifs is 1. The van der Waals surface area contributed by atoms with Crippen molar-refractivity contribution in [1.29, 1.82) is 0 Å². The van der Waals surface area contributed by atoms with Gasteiger partial charge in [0.1, 0.15) is 5.75 Å². The summed E-state index contributed by atoms with van der Waals surface area (Å²) in [7, 11) is 0. The van der Waals surface area contributed by atoms with Crippen LogP contribution in [0.4, 0.5) is 0 Å². The van der Waals surface area contributed by atoms with E-state index >= 15 is 0 Å². The van der Waals surface area contributed by atoms with Crippen LogP contribution in [-0.2, 0) is 11.3 Å². The molecule has 0 amide bonds. The quantitative estimate of drug-likeness (QED) is 0.914. The Bertz CT molecular complexity index is 544. The SMILES string of the molecule is Oc1ccc2cn(CCCN3CCOCC3)cc2c1. The fourth-order valence-corrected chi connectivity index (χ4v) is 2.62. The summed E-state index contributed by atoms with van der Waals surface area (Å²) in [6.07, 6.45) is 5.40. The summed E-state index contributed by atoms with van der Waals surface area (Å²) < 4.78 is 7.56. The molecule has 1 N–H and O–H groups in total. The first kappa shape index (κ1) is 12.5. The minimum atomic E-state index is 0.332. The molecule has 1 aromatic heterocycles. The number of aromatic hydroxyl groups is 1. The number of aromatic nitrogens is 1. The van der Waals surface area contributed by atoms with E-state index in [1.807, 2.05) is 12.1 Å². The molecule has 0 spiro atoms. The Labute approximate surface area is 113 Å². The molecule has 4 nitrogen and oxygen atoms in total. The van der Waals surface area contributed by atoms with Crippen LogP contribution >= 0.6 is 0 Å². The van der Waals surface area contributed by atoms with Gasteiger partial charge in [0.2, 0.25) is 0 Å². The Morgan fingerprint density at radius 2 is 1.84 bits per heavy atom. The van der Waals surface area contributed by atoms with E-state index in [2.05, 4.69) is 21.9 Å². The van der Waals surface area contributed by atoms with E-state index in [0.717, 1.165) is 51.2 Å². The number of benzene rings is 1. The number of hydrogen-bond acceptors (Lipinski definition) is 3. The first-order valence-corrected chi connectivity index (χ1v) is 6.90. The van der Waals surface area contributed by atoms with Gasteiger partial charge in [0.25, 0.3) is 0 Å². The lowest BCUT2D eigenvalue weighted by Crippen LogP contribution is -2.37. The molecule has 4 heteroatoms. The first-order valence-electron chi connectivity index (χ1n) is 6.90. The van der Waals surface area contributed by atoms with Crippen LogP contribution in [0.3, 0.4) is 0 Å². The van der Waals surface area contributed by atoms with E-state index in [9.17, 15) is 5.11 Å². The molecule has 1 aromatic carbocycles. The molecule has 2 aromatic rings. The van der Waals surface area contributed by atoms with Gasteiger partial charge < -0.3 is 14.4 Å². The predicted molar refractivity (Wildman–Crippen MR) is 75.5 cm³/mol. The zero-order chi connectivity index (χ0) is 13.1. The van der Waals surface area contributed by atoms with Gasteiger partial charge in [0, 0.05) is 44.0 Å². The van der Waals surface area contributed by atoms with Crippen LogP contribution in [0.1, 0.15) is 6.42 Å². The molecule has 19 heavy (non-hydrogen) atoms. The third kappa shape index (κ3) is 3.08. The summed E-state index contributed by atoms with van der Waals surface area (Å²) in [4.78, 5) is 2.46. The smallest absolute Gasteiger partial charge is 0.116 e. The number of aryl methyl sites for hydroxylation is 1. The van der Waals surface area contributed by atoms with Gasteiger partial charge in [0.15, 0.2) is 0 Å². The highest BCUT2D eigenvalue weighted by Crippen LogP contribution is 2.20. The lowest BCUT2D eigenvalue weighted by Gasteiger charge is -2.26. The number of ether oxygens (including phenoxy) is 1. The minimum absolute atomic E-state index is 0.332. The molecular weight excluding hydrogens is 240 g/mol. The molecule has 0 bridgehead atoms. The van der Waals surface area contributed by atoms with Crippen LogP contribution in [-0.4, -0.2) is 47.4 Å². The zero-order valence-corrected chi connectivity index (χ0v) is 11.1. The number of phenolic OH excluding ortho intramolecular Hbond substituents is 1. The molecule has 0 unspecified atom stereocenters. The van der Waals surface area contributed by atoms with Crippen molar-refractivity contribution < 1.29 is 9.84 Å². The highest BCUT2D eigenvalue weighted by molar-refractivity contribution is 5.83. The van der Waals surface area contributed by atoms with Crippen molar-refractivity contribution >= 4 is 10.8 Å². The van der Waals surface area contributed by atoms with Crippen molar-refractivity contribution in [2.24, 2.45) is 0 Å². The highest BCUT2D eigenvalue weighted by atomic mass is 16.5.